The van der Waals surface area contributed by atoms with E-state index in [4.69, 9.17) is 0 Å². The molecule has 2 aliphatic rings. The van der Waals surface area contributed by atoms with Gasteiger partial charge in [0.2, 0.25) is 5.91 Å². The van der Waals surface area contributed by atoms with Gasteiger partial charge >= 0.3 is 0 Å². The zero-order valence-corrected chi connectivity index (χ0v) is 15.6. The molecule has 0 aromatic heterocycles. The molecule has 2 amide bonds. The van der Waals surface area contributed by atoms with Gasteiger partial charge in [-0.2, -0.15) is 0 Å². The normalized spacial score (nSPS) is 21.7. The summed E-state index contributed by atoms with van der Waals surface area (Å²) in [7, 11) is 0. The standard InChI is InChI=1S/C20H29N3O3/c1-16-5-2-3-9-21(16)10-8-19(25)22-11-13-23(14-12-22)20(26)17-6-4-7-18(24)15-17/h4,6-7,15-16,24H,2-3,5,8-14H2,1H3. The highest BCUT2D eigenvalue weighted by molar-refractivity contribution is 5.94. The maximum atomic E-state index is 12.5. The summed E-state index contributed by atoms with van der Waals surface area (Å²) < 4.78 is 0. The van der Waals surface area contributed by atoms with E-state index in [1.54, 1.807) is 23.1 Å². The molecule has 6 heteroatoms. The van der Waals surface area contributed by atoms with Gasteiger partial charge in [0.25, 0.3) is 5.91 Å². The van der Waals surface area contributed by atoms with Crippen LogP contribution in [0.3, 0.4) is 0 Å². The Balaban J connectivity index is 1.45. The smallest absolute Gasteiger partial charge is 0.254 e. The second kappa shape index (κ2) is 8.54. The quantitative estimate of drug-likeness (QED) is 0.892. The van der Waals surface area contributed by atoms with E-state index < -0.39 is 0 Å². The topological polar surface area (TPSA) is 64.1 Å². The van der Waals surface area contributed by atoms with Gasteiger partial charge in [0, 0.05) is 50.7 Å². The lowest BCUT2D eigenvalue weighted by atomic mass is 10.0. The molecule has 26 heavy (non-hydrogen) atoms. The van der Waals surface area contributed by atoms with Gasteiger partial charge in [-0.1, -0.05) is 12.5 Å². The summed E-state index contributed by atoms with van der Waals surface area (Å²) >= 11 is 0. The van der Waals surface area contributed by atoms with Gasteiger partial charge < -0.3 is 19.8 Å². The number of piperidine rings is 1. The number of rotatable bonds is 4. The first-order valence-corrected chi connectivity index (χ1v) is 9.65. The van der Waals surface area contributed by atoms with E-state index in [0.29, 0.717) is 44.2 Å². The molecule has 1 aromatic carbocycles. The monoisotopic (exact) mass is 359 g/mol. The Bertz CT molecular complexity index is 641. The van der Waals surface area contributed by atoms with Gasteiger partial charge in [-0.25, -0.2) is 0 Å². The third-order valence-electron chi connectivity index (χ3n) is 5.57. The number of likely N-dealkylation sites (tertiary alicyclic amines) is 1. The van der Waals surface area contributed by atoms with Crippen molar-refractivity contribution in [3.05, 3.63) is 29.8 Å². The zero-order chi connectivity index (χ0) is 18.5. The number of carbonyl (C=O) groups excluding carboxylic acids is 2. The van der Waals surface area contributed by atoms with Crippen molar-refractivity contribution in [2.24, 2.45) is 0 Å². The number of nitrogens with zero attached hydrogens (tertiary/aromatic N) is 3. The Morgan fingerprint density at radius 1 is 1.08 bits per heavy atom. The Hall–Kier alpha value is -2.08. The van der Waals surface area contributed by atoms with Gasteiger partial charge in [0.1, 0.15) is 5.75 Å². The maximum absolute atomic E-state index is 12.5. The zero-order valence-electron chi connectivity index (χ0n) is 15.6. The Kier molecular flexibility index (Phi) is 6.14. The van der Waals surface area contributed by atoms with E-state index in [1.165, 1.54) is 25.3 Å². The average molecular weight is 359 g/mol. The van der Waals surface area contributed by atoms with Gasteiger partial charge in [0.15, 0.2) is 0 Å². The number of phenols is 1. The molecule has 2 aliphatic heterocycles. The first-order chi connectivity index (χ1) is 12.5. The van der Waals surface area contributed by atoms with Crippen molar-refractivity contribution in [3.8, 4) is 5.75 Å². The van der Waals surface area contributed by atoms with Crippen molar-refractivity contribution in [2.45, 2.75) is 38.6 Å². The third-order valence-corrected chi connectivity index (χ3v) is 5.57. The minimum Gasteiger partial charge on any atom is -0.508 e. The van der Waals surface area contributed by atoms with E-state index >= 15 is 0 Å². The fraction of sp³-hybridized carbons (Fsp3) is 0.600. The molecule has 0 aliphatic carbocycles. The first-order valence-electron chi connectivity index (χ1n) is 9.65. The molecule has 1 N–H and O–H groups in total. The molecule has 1 aromatic rings. The molecule has 1 atom stereocenters. The van der Waals surface area contributed by atoms with Crippen molar-refractivity contribution in [2.75, 3.05) is 39.3 Å². The van der Waals surface area contributed by atoms with Crippen LogP contribution in [0.1, 0.15) is 43.0 Å². The van der Waals surface area contributed by atoms with Crippen LogP contribution in [0.25, 0.3) is 0 Å². The summed E-state index contributed by atoms with van der Waals surface area (Å²) in [6, 6.07) is 6.99. The number of benzene rings is 1. The first kappa shape index (κ1) is 18.7. The number of hydrogen-bond donors (Lipinski definition) is 1. The van der Waals surface area contributed by atoms with Crippen LogP contribution in [0.4, 0.5) is 0 Å². The fourth-order valence-corrected chi connectivity index (χ4v) is 3.87. The lowest BCUT2D eigenvalue weighted by molar-refractivity contribution is -0.133. The number of amides is 2. The average Bonchev–Trinajstić information content (AvgIpc) is 2.66. The van der Waals surface area contributed by atoms with Crippen LogP contribution in [0.2, 0.25) is 0 Å². The molecule has 0 spiro atoms. The van der Waals surface area contributed by atoms with E-state index in [1.807, 2.05) is 4.90 Å². The van der Waals surface area contributed by atoms with Crippen molar-refractivity contribution in [3.63, 3.8) is 0 Å². The highest BCUT2D eigenvalue weighted by Gasteiger charge is 2.26. The molecule has 2 fully saturated rings. The van der Waals surface area contributed by atoms with Gasteiger partial charge in [-0.15, -0.1) is 0 Å². The Labute approximate surface area is 155 Å². The Morgan fingerprint density at radius 2 is 1.81 bits per heavy atom. The van der Waals surface area contributed by atoms with E-state index in [9.17, 15) is 14.7 Å². The van der Waals surface area contributed by atoms with Crippen molar-refractivity contribution in [1.29, 1.82) is 0 Å². The second-order valence-corrected chi connectivity index (χ2v) is 7.35. The predicted octanol–water partition coefficient (Wildman–Crippen LogP) is 1.94. The molecule has 2 saturated heterocycles. The fourth-order valence-electron chi connectivity index (χ4n) is 3.87. The Morgan fingerprint density at radius 3 is 2.50 bits per heavy atom. The second-order valence-electron chi connectivity index (χ2n) is 7.35. The van der Waals surface area contributed by atoms with Crippen LogP contribution in [0.5, 0.6) is 5.75 Å². The van der Waals surface area contributed by atoms with Gasteiger partial charge in [-0.3, -0.25) is 9.59 Å². The summed E-state index contributed by atoms with van der Waals surface area (Å²) in [5.41, 5.74) is 0.490. The summed E-state index contributed by atoms with van der Waals surface area (Å²) in [4.78, 5) is 31.1. The number of piperazine rings is 1. The summed E-state index contributed by atoms with van der Waals surface area (Å²) in [5, 5.41) is 9.53. The lowest BCUT2D eigenvalue weighted by Crippen LogP contribution is -2.51. The molecule has 0 bridgehead atoms. The minimum absolute atomic E-state index is 0.0878. The number of aromatic hydroxyl groups is 1. The van der Waals surface area contributed by atoms with Crippen LogP contribution in [0.15, 0.2) is 24.3 Å². The highest BCUT2D eigenvalue weighted by Crippen LogP contribution is 2.17. The van der Waals surface area contributed by atoms with Gasteiger partial charge in [-0.05, 0) is 44.5 Å². The summed E-state index contributed by atoms with van der Waals surface area (Å²) in [5.74, 6) is 0.193. The largest absolute Gasteiger partial charge is 0.508 e. The molecule has 2 heterocycles. The molecule has 0 saturated carbocycles. The predicted molar refractivity (Wildman–Crippen MR) is 100 cm³/mol. The number of hydrogen-bond acceptors (Lipinski definition) is 4. The molecular formula is C20H29N3O3. The highest BCUT2D eigenvalue weighted by atomic mass is 16.3. The van der Waals surface area contributed by atoms with Crippen LogP contribution < -0.4 is 0 Å². The summed E-state index contributed by atoms with van der Waals surface area (Å²) in [6.45, 7) is 6.43. The molecule has 6 nitrogen and oxygen atoms in total. The number of phenolic OH excluding ortho intramolecular Hbond substituents is 1. The van der Waals surface area contributed by atoms with Gasteiger partial charge in [0.05, 0.1) is 0 Å². The van der Waals surface area contributed by atoms with E-state index in [0.717, 1.165) is 13.1 Å². The van der Waals surface area contributed by atoms with Crippen LogP contribution >= 0.6 is 0 Å². The van der Waals surface area contributed by atoms with Crippen LogP contribution in [-0.2, 0) is 4.79 Å². The van der Waals surface area contributed by atoms with Crippen molar-refractivity contribution < 1.29 is 14.7 Å². The van der Waals surface area contributed by atoms with Crippen molar-refractivity contribution in [1.82, 2.24) is 14.7 Å². The lowest BCUT2D eigenvalue weighted by Gasteiger charge is -2.36. The molecular weight excluding hydrogens is 330 g/mol. The maximum Gasteiger partial charge on any atom is 0.254 e. The SMILES string of the molecule is CC1CCCCN1CCC(=O)N1CCN(C(=O)c2cccc(O)c2)CC1. The van der Waals surface area contributed by atoms with E-state index in [2.05, 4.69) is 11.8 Å². The summed E-state index contributed by atoms with van der Waals surface area (Å²) in [6.07, 6.45) is 4.31. The van der Waals surface area contributed by atoms with E-state index in [-0.39, 0.29) is 17.6 Å². The molecule has 1 unspecified atom stereocenters. The van der Waals surface area contributed by atoms with Crippen LogP contribution in [-0.4, -0.2) is 76.9 Å². The molecule has 142 valence electrons. The van der Waals surface area contributed by atoms with Crippen LogP contribution in [0, 0.1) is 0 Å². The third kappa shape index (κ3) is 4.55. The number of carbonyl (C=O) groups is 2. The minimum atomic E-state index is -0.0878. The molecule has 0 radical (unpaired) electrons. The molecule has 3 rings (SSSR count). The van der Waals surface area contributed by atoms with Crippen molar-refractivity contribution >= 4 is 11.8 Å².